The molecule has 0 amide bonds. The molecule has 1 aromatic heterocycles. The minimum atomic E-state index is -0.0804. The number of nitrogens with one attached hydrogen (secondary N) is 1. The summed E-state index contributed by atoms with van der Waals surface area (Å²) in [7, 11) is 0. The van der Waals surface area contributed by atoms with Crippen molar-refractivity contribution in [3.63, 3.8) is 0 Å². The number of ether oxygens (including phenoxy) is 1. The number of rotatable bonds is 5. The minimum absolute atomic E-state index is 0.0804. The number of aromatic nitrogens is 2. The van der Waals surface area contributed by atoms with Crippen LogP contribution in [0.4, 0.5) is 0 Å². The second kappa shape index (κ2) is 5.49. The van der Waals surface area contributed by atoms with E-state index in [9.17, 15) is 4.79 Å². The summed E-state index contributed by atoms with van der Waals surface area (Å²) in [6.45, 7) is 2.79. The summed E-state index contributed by atoms with van der Waals surface area (Å²) >= 11 is 0. The number of benzene rings is 1. The Labute approximate surface area is 117 Å². The van der Waals surface area contributed by atoms with E-state index in [2.05, 4.69) is 16.9 Å². The molecule has 2 aromatic rings. The Balaban J connectivity index is 1.86. The zero-order chi connectivity index (χ0) is 13.9. The molecular formula is C16H18N2O2. The van der Waals surface area contributed by atoms with E-state index in [1.807, 2.05) is 24.3 Å². The molecule has 1 fully saturated rings. The number of aromatic amines is 1. The summed E-state index contributed by atoms with van der Waals surface area (Å²) in [6.07, 6.45) is 3.26. The molecule has 1 saturated carbocycles. The van der Waals surface area contributed by atoms with Gasteiger partial charge in [0.15, 0.2) is 0 Å². The van der Waals surface area contributed by atoms with Crippen molar-refractivity contribution >= 4 is 0 Å². The molecule has 4 heteroatoms. The van der Waals surface area contributed by atoms with Gasteiger partial charge in [0.05, 0.1) is 12.3 Å². The van der Waals surface area contributed by atoms with E-state index in [-0.39, 0.29) is 5.56 Å². The third-order valence-corrected chi connectivity index (χ3v) is 3.36. The third-order valence-electron chi connectivity index (χ3n) is 3.36. The second-order valence-corrected chi connectivity index (χ2v) is 5.17. The van der Waals surface area contributed by atoms with E-state index < -0.39 is 0 Å². The van der Waals surface area contributed by atoms with Gasteiger partial charge in [-0.1, -0.05) is 6.92 Å². The van der Waals surface area contributed by atoms with E-state index in [1.165, 1.54) is 0 Å². The largest absolute Gasteiger partial charge is 0.494 e. The van der Waals surface area contributed by atoms with Crippen molar-refractivity contribution in [2.75, 3.05) is 6.61 Å². The molecule has 4 nitrogen and oxygen atoms in total. The fourth-order valence-electron chi connectivity index (χ4n) is 2.13. The maximum absolute atomic E-state index is 11.7. The van der Waals surface area contributed by atoms with Crippen LogP contribution in [0.3, 0.4) is 0 Å². The van der Waals surface area contributed by atoms with Gasteiger partial charge in [0.1, 0.15) is 11.6 Å². The average molecular weight is 270 g/mol. The smallest absolute Gasteiger partial charge is 0.251 e. The fourth-order valence-corrected chi connectivity index (χ4v) is 2.13. The molecule has 1 aliphatic carbocycles. The molecule has 1 aliphatic rings. The van der Waals surface area contributed by atoms with Crippen LogP contribution in [-0.4, -0.2) is 16.6 Å². The predicted molar refractivity (Wildman–Crippen MR) is 78.1 cm³/mol. The second-order valence-electron chi connectivity index (χ2n) is 5.17. The van der Waals surface area contributed by atoms with Gasteiger partial charge in [0, 0.05) is 17.5 Å². The van der Waals surface area contributed by atoms with Crippen LogP contribution in [0.1, 0.15) is 37.8 Å². The van der Waals surface area contributed by atoms with Gasteiger partial charge in [-0.2, -0.15) is 0 Å². The molecule has 0 unspecified atom stereocenters. The van der Waals surface area contributed by atoms with Crippen molar-refractivity contribution in [3.05, 3.63) is 46.4 Å². The van der Waals surface area contributed by atoms with Crippen LogP contribution < -0.4 is 10.3 Å². The topological polar surface area (TPSA) is 55.0 Å². The zero-order valence-corrected chi connectivity index (χ0v) is 11.6. The summed E-state index contributed by atoms with van der Waals surface area (Å²) in [6, 6.07) is 9.29. The Morgan fingerprint density at radius 3 is 2.70 bits per heavy atom. The molecule has 0 radical (unpaired) electrons. The predicted octanol–water partition coefficient (Wildman–Crippen LogP) is 3.10. The van der Waals surface area contributed by atoms with E-state index >= 15 is 0 Å². The highest BCUT2D eigenvalue weighted by Crippen LogP contribution is 2.38. The van der Waals surface area contributed by atoms with Crippen LogP contribution in [0, 0.1) is 0 Å². The molecule has 3 rings (SSSR count). The zero-order valence-electron chi connectivity index (χ0n) is 11.6. The van der Waals surface area contributed by atoms with E-state index in [4.69, 9.17) is 4.74 Å². The van der Waals surface area contributed by atoms with Crippen molar-refractivity contribution in [2.45, 2.75) is 32.1 Å². The van der Waals surface area contributed by atoms with E-state index in [0.717, 1.165) is 36.3 Å². The molecule has 1 heterocycles. The molecule has 104 valence electrons. The molecule has 1 N–H and O–H groups in total. The summed E-state index contributed by atoms with van der Waals surface area (Å²) in [5.41, 5.74) is 1.74. The molecule has 0 atom stereocenters. The normalized spacial score (nSPS) is 14.2. The quantitative estimate of drug-likeness (QED) is 0.908. The molecule has 0 bridgehead atoms. The number of nitrogens with zero attached hydrogens (tertiary/aromatic N) is 1. The van der Waals surface area contributed by atoms with Crippen LogP contribution in [-0.2, 0) is 0 Å². The standard InChI is InChI=1S/C16H18N2O2/c1-2-9-20-13-7-5-12(6-8-13)16-17-14(11-3-4-11)10-15(19)18-16/h5-8,10-11H,2-4,9H2,1H3,(H,17,18,19). The lowest BCUT2D eigenvalue weighted by Crippen LogP contribution is -2.09. The van der Waals surface area contributed by atoms with Crippen molar-refractivity contribution in [3.8, 4) is 17.1 Å². The first kappa shape index (κ1) is 12.9. The van der Waals surface area contributed by atoms with Gasteiger partial charge in [-0.05, 0) is 43.5 Å². The Morgan fingerprint density at radius 2 is 2.05 bits per heavy atom. The third kappa shape index (κ3) is 2.90. The Bertz CT molecular complexity index is 642. The van der Waals surface area contributed by atoms with Gasteiger partial charge < -0.3 is 9.72 Å². The summed E-state index contributed by atoms with van der Waals surface area (Å²) in [4.78, 5) is 19.1. The average Bonchev–Trinajstić information content (AvgIpc) is 3.29. The number of hydrogen-bond donors (Lipinski definition) is 1. The molecular weight excluding hydrogens is 252 g/mol. The highest BCUT2D eigenvalue weighted by molar-refractivity contribution is 5.56. The maximum Gasteiger partial charge on any atom is 0.251 e. The Hall–Kier alpha value is -2.10. The first-order valence-electron chi connectivity index (χ1n) is 7.11. The fraction of sp³-hybridized carbons (Fsp3) is 0.375. The van der Waals surface area contributed by atoms with Crippen molar-refractivity contribution < 1.29 is 4.74 Å². The Kier molecular flexibility index (Phi) is 3.54. The van der Waals surface area contributed by atoms with Crippen LogP contribution in [0.15, 0.2) is 35.1 Å². The lowest BCUT2D eigenvalue weighted by molar-refractivity contribution is 0.317. The van der Waals surface area contributed by atoms with Gasteiger partial charge in [-0.3, -0.25) is 4.79 Å². The van der Waals surface area contributed by atoms with Crippen LogP contribution in [0.5, 0.6) is 5.75 Å². The van der Waals surface area contributed by atoms with Crippen LogP contribution in [0.2, 0.25) is 0 Å². The lowest BCUT2D eigenvalue weighted by Gasteiger charge is -2.06. The molecule has 0 aliphatic heterocycles. The van der Waals surface area contributed by atoms with Gasteiger partial charge in [0.2, 0.25) is 0 Å². The molecule has 20 heavy (non-hydrogen) atoms. The SMILES string of the molecule is CCCOc1ccc(-c2nc(C3CC3)cc(=O)[nH]2)cc1. The van der Waals surface area contributed by atoms with Crippen molar-refractivity contribution in [2.24, 2.45) is 0 Å². The van der Waals surface area contributed by atoms with Gasteiger partial charge >= 0.3 is 0 Å². The summed E-state index contributed by atoms with van der Waals surface area (Å²) < 4.78 is 5.55. The lowest BCUT2D eigenvalue weighted by atomic mass is 10.2. The highest BCUT2D eigenvalue weighted by Gasteiger charge is 2.25. The Morgan fingerprint density at radius 1 is 1.30 bits per heavy atom. The number of hydrogen-bond acceptors (Lipinski definition) is 3. The highest BCUT2D eigenvalue weighted by atomic mass is 16.5. The number of H-pyrrole nitrogens is 1. The van der Waals surface area contributed by atoms with Gasteiger partial charge in [-0.15, -0.1) is 0 Å². The van der Waals surface area contributed by atoms with Crippen LogP contribution in [0.25, 0.3) is 11.4 Å². The van der Waals surface area contributed by atoms with Gasteiger partial charge in [0.25, 0.3) is 5.56 Å². The first-order valence-corrected chi connectivity index (χ1v) is 7.11. The van der Waals surface area contributed by atoms with E-state index in [0.29, 0.717) is 18.3 Å². The van der Waals surface area contributed by atoms with Crippen molar-refractivity contribution in [1.82, 2.24) is 9.97 Å². The molecule has 0 spiro atoms. The van der Waals surface area contributed by atoms with E-state index in [1.54, 1.807) is 6.07 Å². The molecule has 1 aromatic carbocycles. The van der Waals surface area contributed by atoms with Crippen molar-refractivity contribution in [1.29, 1.82) is 0 Å². The minimum Gasteiger partial charge on any atom is -0.494 e. The summed E-state index contributed by atoms with van der Waals surface area (Å²) in [5.74, 6) is 1.96. The maximum atomic E-state index is 11.7. The first-order chi connectivity index (χ1) is 9.76. The monoisotopic (exact) mass is 270 g/mol. The van der Waals surface area contributed by atoms with Crippen LogP contribution >= 0.6 is 0 Å². The van der Waals surface area contributed by atoms with Gasteiger partial charge in [-0.25, -0.2) is 4.98 Å². The summed E-state index contributed by atoms with van der Waals surface area (Å²) in [5, 5.41) is 0. The molecule has 0 saturated heterocycles.